The van der Waals surface area contributed by atoms with Crippen LogP contribution in [0.1, 0.15) is 0 Å². The van der Waals surface area contributed by atoms with Crippen molar-refractivity contribution in [2.24, 2.45) is 0 Å². The molecule has 19 heavy (non-hydrogen) atoms. The molecule has 1 N–H and O–H groups in total. The summed E-state index contributed by atoms with van der Waals surface area (Å²) in [4.78, 5) is 4.26. The zero-order valence-corrected chi connectivity index (χ0v) is 10.5. The lowest BCUT2D eigenvalue weighted by Gasteiger charge is -2.04. The van der Waals surface area contributed by atoms with Crippen LogP contribution in [0.15, 0.2) is 36.4 Å². The van der Waals surface area contributed by atoms with Crippen molar-refractivity contribution in [3.05, 3.63) is 48.0 Å². The van der Waals surface area contributed by atoms with Gasteiger partial charge in [0.25, 0.3) is 0 Å². The second-order valence-corrected chi connectivity index (χ2v) is 5.03. The number of rotatable bonds is 2. The molecule has 2 aromatic carbocycles. The van der Waals surface area contributed by atoms with Crippen LogP contribution in [0.5, 0.6) is 0 Å². The summed E-state index contributed by atoms with van der Waals surface area (Å²) in [6.07, 6.45) is 0. The van der Waals surface area contributed by atoms with E-state index in [-0.39, 0.29) is 11.5 Å². The predicted molar refractivity (Wildman–Crippen MR) is 74.6 cm³/mol. The third-order valence-electron chi connectivity index (χ3n) is 2.59. The van der Waals surface area contributed by atoms with Crippen LogP contribution in [-0.4, -0.2) is 12.8 Å². The minimum absolute atomic E-state index is 0.286. The van der Waals surface area contributed by atoms with Gasteiger partial charge in [0.15, 0.2) is 5.13 Å². The number of hydrogen-bond donors (Lipinski definition) is 1. The molecule has 3 rings (SSSR count). The minimum Gasteiger partial charge on any atom is -0.329 e. The topological polar surface area (TPSA) is 24.9 Å². The smallest absolute Gasteiger partial charge is 0.188 e. The Kier molecular flexibility index (Phi) is 2.95. The van der Waals surface area contributed by atoms with Crippen LogP contribution in [0.2, 0.25) is 0 Å². The number of nitrogens with zero attached hydrogens (tertiary/aromatic N) is 1. The summed E-state index contributed by atoms with van der Waals surface area (Å²) in [6.45, 7) is 0. The molecule has 0 atom stereocenters. The Balaban J connectivity index is 1.96. The van der Waals surface area contributed by atoms with Crippen molar-refractivity contribution < 1.29 is 8.78 Å². The molecule has 0 bridgehead atoms. The molecule has 6 heteroatoms. The summed E-state index contributed by atoms with van der Waals surface area (Å²) in [7, 11) is 5.48. The summed E-state index contributed by atoms with van der Waals surface area (Å²) in [5, 5.41) is 3.37. The average molecular weight is 272 g/mol. The monoisotopic (exact) mass is 272 g/mol. The standard InChI is InChI=1S/C13H7BF2N2S/c14-7-1-3-10(9(16)5-7)17-13-18-11-4-2-8(15)6-12(11)19-13/h1-6H,(H,17,18). The van der Waals surface area contributed by atoms with E-state index in [4.69, 9.17) is 7.85 Å². The second kappa shape index (κ2) is 4.62. The molecule has 0 amide bonds. The lowest BCUT2D eigenvalue weighted by Crippen LogP contribution is -2.04. The number of nitrogens with one attached hydrogen (secondary N) is 1. The summed E-state index contributed by atoms with van der Waals surface area (Å²) < 4.78 is 27.4. The molecule has 2 nitrogen and oxygen atoms in total. The molecule has 0 saturated heterocycles. The van der Waals surface area contributed by atoms with E-state index >= 15 is 0 Å². The van der Waals surface area contributed by atoms with Gasteiger partial charge in [0, 0.05) is 0 Å². The summed E-state index contributed by atoms with van der Waals surface area (Å²) in [6, 6.07) is 8.70. The van der Waals surface area contributed by atoms with Crippen molar-refractivity contribution in [2.75, 3.05) is 5.32 Å². The summed E-state index contributed by atoms with van der Waals surface area (Å²) in [5.41, 5.74) is 1.31. The Hall–Kier alpha value is -1.95. The van der Waals surface area contributed by atoms with Gasteiger partial charge in [-0.25, -0.2) is 13.8 Å². The number of hydrogen-bond acceptors (Lipinski definition) is 3. The number of fused-ring (bicyclic) bond motifs is 1. The normalized spacial score (nSPS) is 10.8. The van der Waals surface area contributed by atoms with E-state index in [1.165, 1.54) is 35.6 Å². The van der Waals surface area contributed by atoms with E-state index in [2.05, 4.69) is 10.3 Å². The Morgan fingerprint density at radius 2 is 1.95 bits per heavy atom. The van der Waals surface area contributed by atoms with Crippen molar-refractivity contribution in [3.63, 3.8) is 0 Å². The maximum absolute atomic E-state index is 13.6. The van der Waals surface area contributed by atoms with Crippen molar-refractivity contribution in [1.82, 2.24) is 4.98 Å². The highest BCUT2D eigenvalue weighted by atomic mass is 32.1. The van der Waals surface area contributed by atoms with Gasteiger partial charge >= 0.3 is 0 Å². The van der Waals surface area contributed by atoms with Crippen molar-refractivity contribution >= 4 is 45.7 Å². The van der Waals surface area contributed by atoms with E-state index in [1.54, 1.807) is 12.1 Å². The highest BCUT2D eigenvalue weighted by molar-refractivity contribution is 7.22. The fourth-order valence-corrected chi connectivity index (χ4v) is 2.60. The molecule has 0 aliphatic heterocycles. The molecular weight excluding hydrogens is 265 g/mol. The fraction of sp³-hybridized carbons (Fsp3) is 0. The van der Waals surface area contributed by atoms with Crippen LogP contribution >= 0.6 is 11.3 Å². The Morgan fingerprint density at radius 1 is 1.11 bits per heavy atom. The van der Waals surface area contributed by atoms with Crippen LogP contribution in [0, 0.1) is 11.6 Å². The average Bonchev–Trinajstić information content (AvgIpc) is 2.74. The van der Waals surface area contributed by atoms with Gasteiger partial charge in [-0.3, -0.25) is 0 Å². The molecule has 0 fully saturated rings. The zero-order chi connectivity index (χ0) is 13.4. The summed E-state index contributed by atoms with van der Waals surface area (Å²) >= 11 is 1.26. The number of benzene rings is 2. The molecule has 1 aromatic heterocycles. The molecule has 0 unspecified atom stereocenters. The number of halogens is 2. The van der Waals surface area contributed by atoms with Crippen LogP contribution in [0.25, 0.3) is 10.2 Å². The molecule has 92 valence electrons. The maximum Gasteiger partial charge on any atom is 0.188 e. The highest BCUT2D eigenvalue weighted by Crippen LogP contribution is 2.29. The molecule has 0 aliphatic rings. The molecular formula is C13H7BF2N2S. The van der Waals surface area contributed by atoms with Crippen LogP contribution < -0.4 is 10.8 Å². The lowest BCUT2D eigenvalue weighted by atomic mass is 9.96. The first-order valence-electron chi connectivity index (χ1n) is 5.50. The van der Waals surface area contributed by atoms with Crippen molar-refractivity contribution in [2.45, 2.75) is 0 Å². The van der Waals surface area contributed by atoms with Crippen LogP contribution in [0.3, 0.4) is 0 Å². The van der Waals surface area contributed by atoms with E-state index in [0.717, 1.165) is 0 Å². The summed E-state index contributed by atoms with van der Waals surface area (Å²) in [5.74, 6) is -0.771. The quantitative estimate of drug-likeness (QED) is 0.725. The van der Waals surface area contributed by atoms with Crippen molar-refractivity contribution in [3.8, 4) is 0 Å². The van der Waals surface area contributed by atoms with E-state index in [9.17, 15) is 8.78 Å². The first kappa shape index (κ1) is 12.1. The van der Waals surface area contributed by atoms with Gasteiger partial charge in [0.05, 0.1) is 15.9 Å². The van der Waals surface area contributed by atoms with Gasteiger partial charge in [-0.1, -0.05) is 22.9 Å². The lowest BCUT2D eigenvalue weighted by molar-refractivity contribution is 0.630. The second-order valence-electron chi connectivity index (χ2n) is 4.00. The van der Waals surface area contributed by atoms with E-state index in [1.807, 2.05) is 0 Å². The van der Waals surface area contributed by atoms with Gasteiger partial charge in [-0.2, -0.15) is 0 Å². The Morgan fingerprint density at radius 3 is 2.74 bits per heavy atom. The van der Waals surface area contributed by atoms with Gasteiger partial charge in [0.2, 0.25) is 0 Å². The molecule has 0 spiro atoms. The third-order valence-corrected chi connectivity index (χ3v) is 3.52. The molecule has 1 heterocycles. The predicted octanol–water partition coefficient (Wildman–Crippen LogP) is 3.11. The van der Waals surface area contributed by atoms with Crippen LogP contribution in [0.4, 0.5) is 19.6 Å². The SMILES string of the molecule is [B]c1ccc(Nc2nc3ccc(F)cc3s2)c(F)c1. The number of thiazole rings is 1. The first-order chi connectivity index (χ1) is 9.11. The van der Waals surface area contributed by atoms with E-state index < -0.39 is 5.82 Å². The van der Waals surface area contributed by atoms with E-state index in [0.29, 0.717) is 20.8 Å². The Labute approximate surface area is 113 Å². The van der Waals surface area contributed by atoms with Gasteiger partial charge in [0.1, 0.15) is 19.5 Å². The molecule has 0 aliphatic carbocycles. The third kappa shape index (κ3) is 2.44. The number of anilines is 2. The van der Waals surface area contributed by atoms with Gasteiger partial charge < -0.3 is 5.32 Å². The zero-order valence-electron chi connectivity index (χ0n) is 9.65. The minimum atomic E-state index is -0.453. The highest BCUT2D eigenvalue weighted by Gasteiger charge is 2.07. The van der Waals surface area contributed by atoms with Gasteiger partial charge in [-0.15, -0.1) is 0 Å². The molecule has 0 saturated carbocycles. The number of aromatic nitrogens is 1. The van der Waals surface area contributed by atoms with Crippen molar-refractivity contribution in [1.29, 1.82) is 0 Å². The van der Waals surface area contributed by atoms with Gasteiger partial charge in [-0.05, 0) is 30.3 Å². The largest absolute Gasteiger partial charge is 0.329 e. The van der Waals surface area contributed by atoms with Crippen LogP contribution in [-0.2, 0) is 0 Å². The first-order valence-corrected chi connectivity index (χ1v) is 6.31. The maximum atomic E-state index is 13.6. The fourth-order valence-electron chi connectivity index (χ4n) is 1.70. The molecule has 2 radical (unpaired) electrons. The Bertz CT molecular complexity index is 757. The molecule has 3 aromatic rings.